The third kappa shape index (κ3) is 15.1. The molecule has 0 N–H and O–H groups in total. The molecular formula is C13H28Li. The standard InChI is InChI=1S/C13H27.Li.H/c1-3-5-7-9-11-13-12-10-8-6-4-2;;/h5H,3-4,6-13H2,1-2H3;;. The summed E-state index contributed by atoms with van der Waals surface area (Å²) >= 11 is 0. The molecule has 0 aliphatic carbocycles. The molecule has 0 unspecified atom stereocenters. The molecule has 0 spiro atoms. The fraction of sp³-hybridized carbons (Fsp3) is 0.923. The predicted molar refractivity (Wildman–Crippen MR) is 69.0 cm³/mol. The third-order valence-electron chi connectivity index (χ3n) is 2.55. The Bertz CT molecular complexity index is 71.3. The van der Waals surface area contributed by atoms with E-state index in [9.17, 15) is 0 Å². The van der Waals surface area contributed by atoms with E-state index in [1.165, 1.54) is 64.2 Å². The van der Waals surface area contributed by atoms with Gasteiger partial charge in [0, 0.05) is 0 Å². The van der Waals surface area contributed by atoms with Crippen molar-refractivity contribution in [3.8, 4) is 0 Å². The van der Waals surface area contributed by atoms with E-state index in [1.807, 2.05) is 0 Å². The molecule has 0 aliphatic heterocycles. The van der Waals surface area contributed by atoms with Gasteiger partial charge in [-0.15, -0.1) is 0 Å². The van der Waals surface area contributed by atoms with Crippen molar-refractivity contribution in [2.75, 3.05) is 0 Å². The summed E-state index contributed by atoms with van der Waals surface area (Å²) in [5.41, 5.74) is 0. The number of hydrogen-bond acceptors (Lipinski definition) is 0. The summed E-state index contributed by atoms with van der Waals surface area (Å²) in [7, 11) is 0. The molecule has 1 radical (unpaired) electrons. The Balaban J connectivity index is 0. The molecular weight excluding hydrogens is 163 g/mol. The van der Waals surface area contributed by atoms with E-state index in [-0.39, 0.29) is 18.9 Å². The van der Waals surface area contributed by atoms with Crippen LogP contribution in [-0.4, -0.2) is 18.9 Å². The van der Waals surface area contributed by atoms with Gasteiger partial charge in [0.2, 0.25) is 0 Å². The van der Waals surface area contributed by atoms with Crippen molar-refractivity contribution >= 4 is 18.9 Å². The van der Waals surface area contributed by atoms with Gasteiger partial charge in [-0.2, -0.15) is 0 Å². The zero-order valence-electron chi connectivity index (χ0n) is 9.65. The summed E-state index contributed by atoms with van der Waals surface area (Å²) in [6.07, 6.45) is 16.5. The Morgan fingerprint density at radius 1 is 0.714 bits per heavy atom. The summed E-state index contributed by atoms with van der Waals surface area (Å²) in [5.74, 6) is 0. The van der Waals surface area contributed by atoms with Gasteiger partial charge in [0.1, 0.15) is 0 Å². The van der Waals surface area contributed by atoms with Crippen LogP contribution in [0.15, 0.2) is 0 Å². The second kappa shape index (κ2) is 16.0. The molecule has 0 atom stereocenters. The summed E-state index contributed by atoms with van der Waals surface area (Å²) in [5, 5.41) is 0. The minimum atomic E-state index is 0. The molecule has 0 nitrogen and oxygen atoms in total. The molecule has 0 saturated heterocycles. The van der Waals surface area contributed by atoms with Crippen molar-refractivity contribution in [2.45, 2.75) is 78.1 Å². The van der Waals surface area contributed by atoms with Crippen molar-refractivity contribution < 1.29 is 0 Å². The van der Waals surface area contributed by atoms with Crippen LogP contribution >= 0.6 is 0 Å². The molecule has 0 aliphatic rings. The molecule has 0 rings (SSSR count). The van der Waals surface area contributed by atoms with Gasteiger partial charge in [-0.25, -0.2) is 0 Å². The number of unbranched alkanes of at least 4 members (excludes halogenated alkanes) is 10. The molecule has 0 aromatic heterocycles. The van der Waals surface area contributed by atoms with Gasteiger partial charge in [-0.3, -0.25) is 0 Å². The first kappa shape index (κ1) is 17.0. The molecule has 14 heavy (non-hydrogen) atoms. The molecule has 0 fully saturated rings. The van der Waals surface area contributed by atoms with Crippen LogP contribution in [0.4, 0.5) is 0 Å². The summed E-state index contributed by atoms with van der Waals surface area (Å²) < 4.78 is 0. The van der Waals surface area contributed by atoms with Crippen molar-refractivity contribution in [3.05, 3.63) is 6.42 Å². The second-order valence-corrected chi connectivity index (χ2v) is 3.96. The first-order valence-electron chi connectivity index (χ1n) is 6.23. The van der Waals surface area contributed by atoms with Gasteiger partial charge in [0.05, 0.1) is 0 Å². The van der Waals surface area contributed by atoms with E-state index in [0.29, 0.717) is 0 Å². The zero-order chi connectivity index (χ0) is 9.78. The van der Waals surface area contributed by atoms with Crippen LogP contribution in [0.5, 0.6) is 0 Å². The average Bonchev–Trinajstić information content (AvgIpc) is 2.16. The van der Waals surface area contributed by atoms with Crippen molar-refractivity contribution in [2.24, 2.45) is 0 Å². The van der Waals surface area contributed by atoms with Gasteiger partial charge in [-0.1, -0.05) is 78.1 Å². The van der Waals surface area contributed by atoms with Gasteiger partial charge in [-0.05, 0) is 6.42 Å². The number of rotatable bonds is 10. The van der Waals surface area contributed by atoms with Gasteiger partial charge in [0.15, 0.2) is 0 Å². The van der Waals surface area contributed by atoms with Crippen LogP contribution in [0.25, 0.3) is 0 Å². The van der Waals surface area contributed by atoms with Crippen molar-refractivity contribution in [1.82, 2.24) is 0 Å². The fourth-order valence-corrected chi connectivity index (χ4v) is 1.63. The van der Waals surface area contributed by atoms with E-state index < -0.39 is 0 Å². The van der Waals surface area contributed by atoms with E-state index in [1.54, 1.807) is 0 Å². The quantitative estimate of drug-likeness (QED) is 0.353. The first-order chi connectivity index (χ1) is 6.41. The predicted octanol–water partition coefficient (Wildman–Crippen LogP) is 4.48. The topological polar surface area (TPSA) is 0 Å². The molecule has 0 heterocycles. The van der Waals surface area contributed by atoms with Crippen LogP contribution < -0.4 is 0 Å². The zero-order valence-corrected chi connectivity index (χ0v) is 9.65. The molecule has 0 aromatic rings. The molecule has 0 amide bonds. The first-order valence-corrected chi connectivity index (χ1v) is 6.23. The maximum absolute atomic E-state index is 2.40. The van der Waals surface area contributed by atoms with Crippen LogP contribution in [-0.2, 0) is 0 Å². The van der Waals surface area contributed by atoms with E-state index in [0.717, 1.165) is 0 Å². The molecule has 81 valence electrons. The van der Waals surface area contributed by atoms with Crippen molar-refractivity contribution in [1.29, 1.82) is 0 Å². The van der Waals surface area contributed by atoms with Crippen LogP contribution in [0, 0.1) is 6.42 Å². The van der Waals surface area contributed by atoms with Gasteiger partial charge in [0.25, 0.3) is 0 Å². The Hall–Kier alpha value is 0.597. The Morgan fingerprint density at radius 2 is 1.21 bits per heavy atom. The maximum atomic E-state index is 2.40. The van der Waals surface area contributed by atoms with E-state index in [4.69, 9.17) is 0 Å². The summed E-state index contributed by atoms with van der Waals surface area (Å²) in [4.78, 5) is 0. The van der Waals surface area contributed by atoms with Crippen LogP contribution in [0.1, 0.15) is 78.1 Å². The summed E-state index contributed by atoms with van der Waals surface area (Å²) in [6, 6.07) is 0. The van der Waals surface area contributed by atoms with E-state index in [2.05, 4.69) is 20.3 Å². The molecule has 1 heteroatoms. The monoisotopic (exact) mass is 191 g/mol. The normalized spacial score (nSPS) is 9.86. The molecule has 0 saturated carbocycles. The van der Waals surface area contributed by atoms with Gasteiger partial charge >= 0.3 is 18.9 Å². The Kier molecular flexibility index (Phi) is 19.5. The molecule has 0 bridgehead atoms. The Morgan fingerprint density at radius 3 is 1.71 bits per heavy atom. The number of hydrogen-bond donors (Lipinski definition) is 0. The fourth-order valence-electron chi connectivity index (χ4n) is 1.63. The second-order valence-electron chi connectivity index (χ2n) is 3.96. The molecule has 0 aromatic carbocycles. The van der Waals surface area contributed by atoms with Crippen LogP contribution in [0.3, 0.4) is 0 Å². The summed E-state index contributed by atoms with van der Waals surface area (Å²) in [6.45, 7) is 4.51. The third-order valence-corrected chi connectivity index (χ3v) is 2.55. The minimum absolute atomic E-state index is 0. The Labute approximate surface area is 103 Å². The average molecular weight is 191 g/mol. The van der Waals surface area contributed by atoms with Gasteiger partial charge < -0.3 is 0 Å². The van der Waals surface area contributed by atoms with Crippen LogP contribution in [0.2, 0.25) is 0 Å². The van der Waals surface area contributed by atoms with E-state index >= 15 is 0 Å². The van der Waals surface area contributed by atoms with Crippen molar-refractivity contribution in [3.63, 3.8) is 0 Å². The SMILES string of the molecule is CC[CH]CCCCCCCCCC.[LiH].